The second-order valence-corrected chi connectivity index (χ2v) is 6.67. The van der Waals surface area contributed by atoms with Gasteiger partial charge in [-0.2, -0.15) is 0 Å². The Labute approximate surface area is 143 Å². The van der Waals surface area contributed by atoms with E-state index in [1.165, 1.54) is 45.3 Å². The molecule has 1 atom stereocenters. The van der Waals surface area contributed by atoms with Crippen LogP contribution in [0.1, 0.15) is 52.4 Å². The van der Waals surface area contributed by atoms with Gasteiger partial charge >= 0.3 is 0 Å². The molecule has 1 heterocycles. The Morgan fingerprint density at radius 3 is 2.57 bits per heavy atom. The maximum absolute atomic E-state index is 5.57. The molecule has 136 valence electrons. The third-order valence-corrected chi connectivity index (χ3v) is 4.26. The van der Waals surface area contributed by atoms with Crippen molar-refractivity contribution in [3.05, 3.63) is 0 Å². The van der Waals surface area contributed by atoms with Crippen LogP contribution in [-0.2, 0) is 4.74 Å². The molecule has 1 unspecified atom stereocenters. The van der Waals surface area contributed by atoms with E-state index >= 15 is 0 Å². The molecule has 5 nitrogen and oxygen atoms in total. The Hall–Kier alpha value is -0.810. The van der Waals surface area contributed by atoms with Crippen LogP contribution < -0.4 is 10.6 Å². The fourth-order valence-corrected chi connectivity index (χ4v) is 2.87. The first-order chi connectivity index (χ1) is 11.3. The van der Waals surface area contributed by atoms with E-state index in [2.05, 4.69) is 34.4 Å². The summed E-state index contributed by atoms with van der Waals surface area (Å²) in [5.74, 6) is 1.55. The SMILES string of the molecule is CCCCOCCCNC(=NC)NCC(C)CN1CCCCC1. The van der Waals surface area contributed by atoms with E-state index < -0.39 is 0 Å². The number of nitrogens with one attached hydrogen (secondary N) is 2. The third kappa shape index (κ3) is 10.6. The second kappa shape index (κ2) is 13.6. The highest BCUT2D eigenvalue weighted by atomic mass is 16.5. The summed E-state index contributed by atoms with van der Waals surface area (Å²) in [6.07, 6.45) is 7.51. The molecule has 0 amide bonds. The van der Waals surface area contributed by atoms with Crippen LogP contribution in [0.15, 0.2) is 4.99 Å². The molecule has 1 aliphatic rings. The number of nitrogens with zero attached hydrogens (tertiary/aromatic N) is 2. The van der Waals surface area contributed by atoms with Crippen LogP contribution in [0.5, 0.6) is 0 Å². The van der Waals surface area contributed by atoms with E-state index in [-0.39, 0.29) is 0 Å². The Morgan fingerprint density at radius 2 is 1.87 bits per heavy atom. The molecule has 1 saturated heterocycles. The summed E-state index contributed by atoms with van der Waals surface area (Å²) in [6, 6.07) is 0. The zero-order valence-corrected chi connectivity index (χ0v) is 15.6. The molecule has 1 rings (SSSR count). The zero-order valence-electron chi connectivity index (χ0n) is 15.6. The van der Waals surface area contributed by atoms with Gasteiger partial charge in [-0.05, 0) is 44.7 Å². The van der Waals surface area contributed by atoms with Crippen molar-refractivity contribution in [2.45, 2.75) is 52.4 Å². The molecule has 0 radical (unpaired) electrons. The largest absolute Gasteiger partial charge is 0.381 e. The van der Waals surface area contributed by atoms with Gasteiger partial charge in [0.2, 0.25) is 0 Å². The van der Waals surface area contributed by atoms with Gasteiger partial charge in [0.1, 0.15) is 0 Å². The van der Waals surface area contributed by atoms with Crippen LogP contribution in [0.2, 0.25) is 0 Å². The standard InChI is InChI=1S/C18H38N4O/c1-4-5-13-23-14-9-10-20-18(19-3)21-15-17(2)16-22-11-7-6-8-12-22/h17H,4-16H2,1-3H3,(H2,19,20,21). The second-order valence-electron chi connectivity index (χ2n) is 6.67. The Balaban J connectivity index is 2.04. The van der Waals surface area contributed by atoms with Crippen LogP contribution in [0, 0.1) is 5.92 Å². The molecule has 0 spiro atoms. The third-order valence-electron chi connectivity index (χ3n) is 4.26. The molecule has 1 fully saturated rings. The fourth-order valence-electron chi connectivity index (χ4n) is 2.87. The lowest BCUT2D eigenvalue weighted by atomic mass is 10.1. The molecular formula is C18H38N4O. The van der Waals surface area contributed by atoms with E-state index in [9.17, 15) is 0 Å². The summed E-state index contributed by atoms with van der Waals surface area (Å²) in [7, 11) is 1.84. The van der Waals surface area contributed by atoms with Gasteiger partial charge in [0.15, 0.2) is 5.96 Å². The fraction of sp³-hybridized carbons (Fsp3) is 0.944. The summed E-state index contributed by atoms with van der Waals surface area (Å²) >= 11 is 0. The molecule has 2 N–H and O–H groups in total. The number of hydrogen-bond acceptors (Lipinski definition) is 3. The first-order valence-electron chi connectivity index (χ1n) is 9.50. The summed E-state index contributed by atoms with van der Waals surface area (Å²) in [6.45, 7) is 11.8. The molecule has 23 heavy (non-hydrogen) atoms. The van der Waals surface area contributed by atoms with Crippen molar-refractivity contribution in [2.75, 3.05) is 53.0 Å². The van der Waals surface area contributed by atoms with Gasteiger partial charge in [-0.1, -0.05) is 26.7 Å². The average Bonchev–Trinajstić information content (AvgIpc) is 2.57. The van der Waals surface area contributed by atoms with Crippen molar-refractivity contribution >= 4 is 5.96 Å². The minimum atomic E-state index is 0.643. The highest BCUT2D eigenvalue weighted by molar-refractivity contribution is 5.79. The zero-order chi connectivity index (χ0) is 16.8. The van der Waals surface area contributed by atoms with Gasteiger partial charge in [-0.15, -0.1) is 0 Å². The number of rotatable bonds is 11. The van der Waals surface area contributed by atoms with Crippen molar-refractivity contribution in [2.24, 2.45) is 10.9 Å². The number of guanidine groups is 1. The van der Waals surface area contributed by atoms with E-state index in [0.717, 1.165) is 45.1 Å². The molecular weight excluding hydrogens is 288 g/mol. The summed E-state index contributed by atoms with van der Waals surface area (Å²) in [4.78, 5) is 6.89. The van der Waals surface area contributed by atoms with Gasteiger partial charge in [0.05, 0.1) is 0 Å². The van der Waals surface area contributed by atoms with Gasteiger partial charge in [-0.3, -0.25) is 4.99 Å². The molecule has 0 saturated carbocycles. The summed E-state index contributed by atoms with van der Waals surface area (Å²) in [5, 5.41) is 6.81. The number of aliphatic imine (C=N–C) groups is 1. The molecule has 0 aliphatic carbocycles. The summed E-state index contributed by atoms with van der Waals surface area (Å²) in [5.41, 5.74) is 0. The van der Waals surface area contributed by atoms with Crippen molar-refractivity contribution in [1.29, 1.82) is 0 Å². The number of likely N-dealkylation sites (tertiary alicyclic amines) is 1. The molecule has 0 aromatic rings. The number of hydrogen-bond donors (Lipinski definition) is 2. The van der Waals surface area contributed by atoms with Crippen LogP contribution >= 0.6 is 0 Å². The number of piperidine rings is 1. The van der Waals surface area contributed by atoms with Crippen LogP contribution in [0.25, 0.3) is 0 Å². The Kier molecular flexibility index (Phi) is 12.0. The van der Waals surface area contributed by atoms with E-state index in [1.807, 2.05) is 7.05 Å². The maximum Gasteiger partial charge on any atom is 0.190 e. The molecule has 0 aromatic heterocycles. The number of unbranched alkanes of at least 4 members (excludes halogenated alkanes) is 1. The first kappa shape index (κ1) is 20.2. The maximum atomic E-state index is 5.57. The van der Waals surface area contributed by atoms with Gasteiger partial charge in [0, 0.05) is 39.9 Å². The lowest BCUT2D eigenvalue weighted by molar-refractivity contribution is 0.129. The summed E-state index contributed by atoms with van der Waals surface area (Å²) < 4.78 is 5.57. The molecule has 1 aliphatic heterocycles. The quantitative estimate of drug-likeness (QED) is 0.348. The van der Waals surface area contributed by atoms with E-state index in [1.54, 1.807) is 0 Å². The van der Waals surface area contributed by atoms with Crippen LogP contribution in [-0.4, -0.2) is 63.8 Å². The van der Waals surface area contributed by atoms with Crippen molar-refractivity contribution in [1.82, 2.24) is 15.5 Å². The molecule has 0 aromatic carbocycles. The minimum Gasteiger partial charge on any atom is -0.381 e. The van der Waals surface area contributed by atoms with Crippen LogP contribution in [0.4, 0.5) is 0 Å². The number of ether oxygens (including phenoxy) is 1. The predicted octanol–water partition coefficient (Wildman–Crippen LogP) is 2.48. The van der Waals surface area contributed by atoms with Gasteiger partial charge in [0.25, 0.3) is 0 Å². The van der Waals surface area contributed by atoms with Crippen molar-refractivity contribution in [3.8, 4) is 0 Å². The lowest BCUT2D eigenvalue weighted by Crippen LogP contribution is -2.42. The Bertz CT molecular complexity index is 303. The van der Waals surface area contributed by atoms with Crippen molar-refractivity contribution in [3.63, 3.8) is 0 Å². The van der Waals surface area contributed by atoms with Crippen molar-refractivity contribution < 1.29 is 4.74 Å². The lowest BCUT2D eigenvalue weighted by Gasteiger charge is -2.29. The minimum absolute atomic E-state index is 0.643. The average molecular weight is 327 g/mol. The highest BCUT2D eigenvalue weighted by Crippen LogP contribution is 2.10. The topological polar surface area (TPSA) is 48.9 Å². The normalized spacial score (nSPS) is 18.0. The van der Waals surface area contributed by atoms with Crippen LogP contribution in [0.3, 0.4) is 0 Å². The highest BCUT2D eigenvalue weighted by Gasteiger charge is 2.13. The molecule has 5 heteroatoms. The van der Waals surface area contributed by atoms with E-state index in [4.69, 9.17) is 4.74 Å². The monoisotopic (exact) mass is 326 g/mol. The molecule has 0 bridgehead atoms. The van der Waals surface area contributed by atoms with E-state index in [0.29, 0.717) is 5.92 Å². The van der Waals surface area contributed by atoms with Gasteiger partial charge in [-0.25, -0.2) is 0 Å². The van der Waals surface area contributed by atoms with Gasteiger partial charge < -0.3 is 20.3 Å². The first-order valence-corrected chi connectivity index (χ1v) is 9.50. The smallest absolute Gasteiger partial charge is 0.190 e. The predicted molar refractivity (Wildman–Crippen MR) is 99.2 cm³/mol. The Morgan fingerprint density at radius 1 is 1.13 bits per heavy atom.